The van der Waals surface area contributed by atoms with Crippen molar-refractivity contribution in [2.75, 3.05) is 7.11 Å². The first-order chi connectivity index (χ1) is 18.0. The van der Waals surface area contributed by atoms with E-state index in [2.05, 4.69) is 0 Å². The fraction of sp³-hybridized carbons (Fsp3) is 0.414. The number of rotatable bonds is 5. The van der Waals surface area contributed by atoms with Crippen LogP contribution in [0.25, 0.3) is 21.9 Å². The Hall–Kier alpha value is -3.07. The molecule has 0 aromatic heterocycles. The van der Waals surface area contributed by atoms with E-state index >= 15 is 0 Å². The Labute approximate surface area is 219 Å². The maximum atomic E-state index is 13.3. The molecular weight excluding hydrogens is 517 g/mol. The van der Waals surface area contributed by atoms with Crippen molar-refractivity contribution in [3.63, 3.8) is 0 Å². The molecule has 0 saturated heterocycles. The third kappa shape index (κ3) is 4.25. The van der Waals surface area contributed by atoms with Gasteiger partial charge in [0.1, 0.15) is 5.75 Å². The van der Waals surface area contributed by atoms with Crippen LogP contribution < -0.4 is 4.18 Å². The summed E-state index contributed by atoms with van der Waals surface area (Å²) in [6.45, 7) is 0. The molecule has 0 radical (unpaired) electrons. The number of hydrogen-bond acceptors (Lipinski definition) is 5. The second-order valence-electron chi connectivity index (χ2n) is 11.2. The highest BCUT2D eigenvalue weighted by Crippen LogP contribution is 2.62. The molecule has 7 rings (SSSR count). The minimum Gasteiger partial charge on any atom is -0.465 e. The van der Waals surface area contributed by atoms with Crippen LogP contribution in [0.4, 0.5) is 13.2 Å². The number of benzene rings is 3. The zero-order valence-electron chi connectivity index (χ0n) is 20.8. The lowest BCUT2D eigenvalue weighted by Crippen LogP contribution is -2.48. The van der Waals surface area contributed by atoms with Gasteiger partial charge in [0.05, 0.1) is 12.7 Å². The molecule has 0 amide bonds. The van der Waals surface area contributed by atoms with Gasteiger partial charge < -0.3 is 8.92 Å². The van der Waals surface area contributed by atoms with Crippen LogP contribution >= 0.6 is 0 Å². The Balaban J connectivity index is 1.45. The first kappa shape index (κ1) is 25.2. The average molecular weight is 545 g/mol. The number of methoxy groups -OCH3 is 1. The molecule has 4 bridgehead atoms. The second-order valence-corrected chi connectivity index (χ2v) is 12.7. The van der Waals surface area contributed by atoms with Gasteiger partial charge in [0.25, 0.3) is 0 Å². The van der Waals surface area contributed by atoms with E-state index in [1.807, 2.05) is 30.3 Å². The van der Waals surface area contributed by atoms with E-state index in [-0.39, 0.29) is 5.75 Å². The van der Waals surface area contributed by atoms with Crippen LogP contribution in [-0.4, -0.2) is 27.0 Å². The number of fused-ring (bicyclic) bond motifs is 1. The molecule has 38 heavy (non-hydrogen) atoms. The predicted molar refractivity (Wildman–Crippen MR) is 136 cm³/mol. The van der Waals surface area contributed by atoms with Gasteiger partial charge >= 0.3 is 21.6 Å². The van der Waals surface area contributed by atoms with Gasteiger partial charge in [0, 0.05) is 5.56 Å². The molecule has 0 spiro atoms. The Morgan fingerprint density at radius 2 is 1.39 bits per heavy atom. The van der Waals surface area contributed by atoms with Gasteiger partial charge in [-0.25, -0.2) is 4.79 Å². The van der Waals surface area contributed by atoms with Crippen LogP contribution in [0.3, 0.4) is 0 Å². The molecule has 0 unspecified atom stereocenters. The first-order valence-corrected chi connectivity index (χ1v) is 14.1. The summed E-state index contributed by atoms with van der Waals surface area (Å²) >= 11 is 0. The summed E-state index contributed by atoms with van der Waals surface area (Å²) < 4.78 is 73.4. The van der Waals surface area contributed by atoms with Crippen molar-refractivity contribution in [2.24, 2.45) is 17.8 Å². The highest BCUT2D eigenvalue weighted by Gasteiger charge is 2.54. The molecule has 9 heteroatoms. The summed E-state index contributed by atoms with van der Waals surface area (Å²) in [6.07, 6.45) is 5.90. The minimum absolute atomic E-state index is 0.225. The number of carbonyl (C=O) groups excluding carboxylic acids is 1. The van der Waals surface area contributed by atoms with Gasteiger partial charge in [0.15, 0.2) is 0 Å². The van der Waals surface area contributed by atoms with Crippen molar-refractivity contribution in [3.8, 4) is 16.9 Å². The van der Waals surface area contributed by atoms with Crippen LogP contribution in [0.5, 0.6) is 5.75 Å². The topological polar surface area (TPSA) is 69.7 Å². The summed E-state index contributed by atoms with van der Waals surface area (Å²) in [5.74, 6) is 0.849. The van der Waals surface area contributed by atoms with Gasteiger partial charge in [-0.3, -0.25) is 0 Å². The van der Waals surface area contributed by atoms with Crippen molar-refractivity contribution in [2.45, 2.75) is 49.4 Å². The maximum Gasteiger partial charge on any atom is 0.534 e. The largest absolute Gasteiger partial charge is 0.534 e. The van der Waals surface area contributed by atoms with Gasteiger partial charge in [-0.1, -0.05) is 24.3 Å². The first-order valence-electron chi connectivity index (χ1n) is 12.7. The molecule has 200 valence electrons. The van der Waals surface area contributed by atoms with E-state index in [0.717, 1.165) is 60.4 Å². The molecule has 0 aliphatic heterocycles. The smallest absolute Gasteiger partial charge is 0.465 e. The quantitative estimate of drug-likeness (QED) is 0.197. The fourth-order valence-corrected chi connectivity index (χ4v) is 7.95. The fourth-order valence-electron chi connectivity index (χ4n) is 7.47. The minimum atomic E-state index is -5.80. The number of carbonyl (C=O) groups is 1. The lowest BCUT2D eigenvalue weighted by Gasteiger charge is -2.57. The zero-order valence-corrected chi connectivity index (χ0v) is 21.6. The molecule has 0 N–H and O–H groups in total. The number of alkyl halides is 3. The Kier molecular flexibility index (Phi) is 5.79. The summed E-state index contributed by atoms with van der Waals surface area (Å²) in [5.41, 5.74) is -3.31. The molecule has 4 saturated carbocycles. The van der Waals surface area contributed by atoms with Gasteiger partial charge in [0.2, 0.25) is 0 Å². The van der Waals surface area contributed by atoms with E-state index in [4.69, 9.17) is 8.92 Å². The molecule has 3 aromatic rings. The molecule has 3 aromatic carbocycles. The van der Waals surface area contributed by atoms with Crippen LogP contribution in [0.2, 0.25) is 0 Å². The number of esters is 1. The summed E-state index contributed by atoms with van der Waals surface area (Å²) in [5, 5.41) is 1.72. The van der Waals surface area contributed by atoms with Crippen molar-refractivity contribution in [3.05, 3.63) is 65.7 Å². The summed E-state index contributed by atoms with van der Waals surface area (Å²) in [4.78, 5) is 11.9. The lowest BCUT2D eigenvalue weighted by molar-refractivity contribution is -0.0502. The number of hydrogen-bond donors (Lipinski definition) is 0. The van der Waals surface area contributed by atoms with Crippen molar-refractivity contribution >= 4 is 26.9 Å². The molecule has 0 atom stereocenters. The van der Waals surface area contributed by atoms with E-state index < -0.39 is 27.0 Å². The highest BCUT2D eigenvalue weighted by atomic mass is 32.2. The van der Waals surface area contributed by atoms with E-state index in [1.54, 1.807) is 18.2 Å². The number of halogens is 3. The van der Waals surface area contributed by atoms with Crippen LogP contribution in [0.15, 0.2) is 54.6 Å². The SMILES string of the molecule is COC(=O)c1ccc2cc(-c3ccc(OS(=O)(=O)C(F)(F)F)c(C45CC6CC(CC(C6)C4)C5)c3)ccc2c1. The Morgan fingerprint density at radius 1 is 0.842 bits per heavy atom. The molecular formula is C29H27F3O5S. The summed E-state index contributed by atoms with van der Waals surface area (Å²) in [6, 6.07) is 15.8. The van der Waals surface area contributed by atoms with E-state index in [1.165, 1.54) is 13.2 Å². The van der Waals surface area contributed by atoms with Crippen molar-refractivity contribution in [1.29, 1.82) is 0 Å². The molecule has 4 fully saturated rings. The van der Waals surface area contributed by atoms with Crippen LogP contribution in [-0.2, 0) is 20.3 Å². The Morgan fingerprint density at radius 3 is 2.00 bits per heavy atom. The standard InChI is InChI=1S/C29H27F3O5S/c1-36-27(33)24-5-4-20-11-21(2-3-22(20)12-24)23-6-7-26(37-38(34,35)29(30,31)32)25(13-23)28-14-17-8-18(15-28)10-19(9-17)16-28/h2-7,11-13,17-19H,8-10,14-16H2,1H3. The second kappa shape index (κ2) is 8.73. The van der Waals surface area contributed by atoms with Gasteiger partial charge in [-0.2, -0.15) is 21.6 Å². The third-order valence-electron chi connectivity index (χ3n) is 8.67. The van der Waals surface area contributed by atoms with Crippen LogP contribution in [0, 0.1) is 17.8 Å². The van der Waals surface area contributed by atoms with Crippen molar-refractivity contribution in [1.82, 2.24) is 0 Å². The molecule has 5 nitrogen and oxygen atoms in total. The molecule has 0 heterocycles. The van der Waals surface area contributed by atoms with Gasteiger partial charge in [-0.15, -0.1) is 0 Å². The molecule has 4 aliphatic carbocycles. The zero-order chi connectivity index (χ0) is 26.9. The van der Waals surface area contributed by atoms with Crippen LogP contribution in [0.1, 0.15) is 54.4 Å². The highest BCUT2D eigenvalue weighted by molar-refractivity contribution is 7.88. The third-order valence-corrected chi connectivity index (χ3v) is 9.63. The average Bonchev–Trinajstić information content (AvgIpc) is 2.86. The predicted octanol–water partition coefficient (Wildman–Crippen LogP) is 6.99. The number of ether oxygens (including phenoxy) is 1. The summed E-state index contributed by atoms with van der Waals surface area (Å²) in [7, 11) is -4.48. The van der Waals surface area contributed by atoms with E-state index in [0.29, 0.717) is 28.9 Å². The molecule has 4 aliphatic rings. The normalized spacial score (nSPS) is 26.5. The van der Waals surface area contributed by atoms with Crippen molar-refractivity contribution < 1.29 is 35.3 Å². The monoisotopic (exact) mass is 544 g/mol. The van der Waals surface area contributed by atoms with Gasteiger partial charge in [-0.05, 0) is 114 Å². The Bertz CT molecular complexity index is 1510. The maximum absolute atomic E-state index is 13.3. The lowest BCUT2D eigenvalue weighted by atomic mass is 9.48. The van der Waals surface area contributed by atoms with E-state index in [9.17, 15) is 26.4 Å².